The van der Waals surface area contributed by atoms with Gasteiger partial charge in [0.05, 0.1) is 5.75 Å². The maximum Gasteiger partial charge on any atom is 0.272 e. The summed E-state index contributed by atoms with van der Waals surface area (Å²) in [6.45, 7) is 1.43. The third-order valence-corrected chi connectivity index (χ3v) is 7.23. The molecule has 0 bridgehead atoms. The maximum atomic E-state index is 13.3. The standard InChI is InChI=1S/C34H33N5O4S/c1-23(40)35-26-11-13-27(14-12-26)36-32(41)22-44-30-19-15-28(16-20-30)37-34(43)31(38-33(42)25-7-5-4-6-8-25)21-24-9-17-29(18-10-24)39(2)3/h4-21H,22H2,1-3H3,(H,35,40)(H,36,41)(H,37,43)(H,38,42)/b31-21-. The van der Waals surface area contributed by atoms with Crippen LogP contribution in [0.1, 0.15) is 22.8 Å². The molecule has 0 aliphatic carbocycles. The predicted molar refractivity (Wildman–Crippen MR) is 178 cm³/mol. The molecule has 10 heteroatoms. The lowest BCUT2D eigenvalue weighted by molar-refractivity contribution is -0.114. The van der Waals surface area contributed by atoms with E-state index in [-0.39, 0.29) is 23.3 Å². The first-order chi connectivity index (χ1) is 21.2. The molecule has 0 unspecified atom stereocenters. The van der Waals surface area contributed by atoms with Crippen LogP contribution in [0.5, 0.6) is 0 Å². The Morgan fingerprint density at radius 1 is 0.705 bits per heavy atom. The lowest BCUT2D eigenvalue weighted by Crippen LogP contribution is -2.30. The molecule has 0 saturated carbocycles. The second-order valence-electron chi connectivity index (χ2n) is 9.94. The molecular weight excluding hydrogens is 574 g/mol. The zero-order valence-electron chi connectivity index (χ0n) is 24.6. The van der Waals surface area contributed by atoms with Gasteiger partial charge in [0, 0.05) is 54.2 Å². The number of nitrogens with zero attached hydrogens (tertiary/aromatic N) is 1. The Hall–Kier alpha value is -5.35. The fourth-order valence-electron chi connectivity index (χ4n) is 4.00. The molecule has 0 spiro atoms. The average Bonchev–Trinajstić information content (AvgIpc) is 3.01. The molecule has 44 heavy (non-hydrogen) atoms. The van der Waals surface area contributed by atoms with E-state index in [0.717, 1.165) is 16.1 Å². The van der Waals surface area contributed by atoms with Crippen LogP contribution in [0, 0.1) is 0 Å². The number of nitrogens with one attached hydrogen (secondary N) is 4. The van der Waals surface area contributed by atoms with Crippen LogP contribution < -0.4 is 26.2 Å². The van der Waals surface area contributed by atoms with Crippen molar-refractivity contribution in [2.75, 3.05) is 40.7 Å². The fourth-order valence-corrected chi connectivity index (χ4v) is 4.70. The number of hydrogen-bond acceptors (Lipinski definition) is 6. The van der Waals surface area contributed by atoms with E-state index in [0.29, 0.717) is 22.6 Å². The van der Waals surface area contributed by atoms with Crippen LogP contribution in [0.15, 0.2) is 114 Å². The molecule has 4 rings (SSSR count). The molecule has 224 valence electrons. The summed E-state index contributed by atoms with van der Waals surface area (Å²) in [5.74, 6) is -1.03. The Kier molecular flexibility index (Phi) is 10.9. The van der Waals surface area contributed by atoms with Gasteiger partial charge in [0.2, 0.25) is 11.8 Å². The zero-order chi connectivity index (χ0) is 31.5. The topological polar surface area (TPSA) is 120 Å². The summed E-state index contributed by atoms with van der Waals surface area (Å²) < 4.78 is 0. The van der Waals surface area contributed by atoms with Crippen LogP contribution in [0.4, 0.5) is 22.7 Å². The van der Waals surface area contributed by atoms with Gasteiger partial charge in [0.25, 0.3) is 11.8 Å². The van der Waals surface area contributed by atoms with E-state index in [2.05, 4.69) is 21.3 Å². The number of hydrogen-bond donors (Lipinski definition) is 4. The molecule has 0 aromatic heterocycles. The fraction of sp³-hybridized carbons (Fsp3) is 0.118. The van der Waals surface area contributed by atoms with Crippen molar-refractivity contribution in [3.05, 3.63) is 120 Å². The van der Waals surface area contributed by atoms with Crippen LogP contribution in [0.25, 0.3) is 6.08 Å². The molecule has 0 fully saturated rings. The van der Waals surface area contributed by atoms with Crippen LogP contribution in [-0.4, -0.2) is 43.5 Å². The summed E-state index contributed by atoms with van der Waals surface area (Å²) in [5.41, 5.74) is 4.10. The highest BCUT2D eigenvalue weighted by Crippen LogP contribution is 2.22. The molecular formula is C34H33N5O4S. The van der Waals surface area contributed by atoms with E-state index in [4.69, 9.17) is 0 Å². The smallest absolute Gasteiger partial charge is 0.272 e. The van der Waals surface area contributed by atoms with Gasteiger partial charge in [-0.15, -0.1) is 11.8 Å². The van der Waals surface area contributed by atoms with Gasteiger partial charge >= 0.3 is 0 Å². The van der Waals surface area contributed by atoms with Crippen LogP contribution in [0.3, 0.4) is 0 Å². The number of carbonyl (C=O) groups excluding carboxylic acids is 4. The van der Waals surface area contributed by atoms with Crippen molar-refractivity contribution in [2.45, 2.75) is 11.8 Å². The van der Waals surface area contributed by atoms with Crippen LogP contribution in [-0.2, 0) is 14.4 Å². The highest BCUT2D eigenvalue weighted by atomic mass is 32.2. The van der Waals surface area contributed by atoms with Crippen LogP contribution >= 0.6 is 11.8 Å². The van der Waals surface area contributed by atoms with Crippen molar-refractivity contribution in [2.24, 2.45) is 0 Å². The molecule has 9 nitrogen and oxygen atoms in total. The molecule has 0 radical (unpaired) electrons. The summed E-state index contributed by atoms with van der Waals surface area (Å²) in [6.07, 6.45) is 1.63. The summed E-state index contributed by atoms with van der Waals surface area (Å²) in [5, 5.41) is 11.1. The Labute approximate surface area is 260 Å². The van der Waals surface area contributed by atoms with Gasteiger partial charge in [-0.2, -0.15) is 0 Å². The Balaban J connectivity index is 1.38. The normalized spacial score (nSPS) is 10.8. The third kappa shape index (κ3) is 9.60. The molecule has 0 aliphatic rings. The van der Waals surface area contributed by atoms with E-state index < -0.39 is 11.8 Å². The molecule has 0 aliphatic heterocycles. The minimum Gasteiger partial charge on any atom is -0.378 e. The van der Waals surface area contributed by atoms with Gasteiger partial charge in [-0.25, -0.2) is 0 Å². The number of rotatable bonds is 11. The zero-order valence-corrected chi connectivity index (χ0v) is 25.4. The van der Waals surface area contributed by atoms with Gasteiger partial charge in [-0.3, -0.25) is 19.2 Å². The monoisotopic (exact) mass is 607 g/mol. The van der Waals surface area contributed by atoms with Gasteiger partial charge in [-0.1, -0.05) is 30.3 Å². The van der Waals surface area contributed by atoms with Gasteiger partial charge in [0.1, 0.15) is 5.70 Å². The number of thioether (sulfide) groups is 1. The summed E-state index contributed by atoms with van der Waals surface area (Å²) in [4.78, 5) is 52.6. The van der Waals surface area contributed by atoms with E-state index in [1.807, 2.05) is 61.5 Å². The quantitative estimate of drug-likeness (QED) is 0.125. The van der Waals surface area contributed by atoms with E-state index in [9.17, 15) is 19.2 Å². The Bertz CT molecular complexity index is 1640. The highest BCUT2D eigenvalue weighted by molar-refractivity contribution is 8.00. The van der Waals surface area contributed by atoms with Crippen molar-refractivity contribution < 1.29 is 19.2 Å². The second-order valence-corrected chi connectivity index (χ2v) is 11.0. The molecule has 4 amide bonds. The van der Waals surface area contributed by atoms with Crippen molar-refractivity contribution >= 4 is 64.2 Å². The predicted octanol–water partition coefficient (Wildman–Crippen LogP) is 5.85. The molecule has 0 atom stereocenters. The highest BCUT2D eigenvalue weighted by Gasteiger charge is 2.15. The van der Waals surface area contributed by atoms with Crippen molar-refractivity contribution in [1.82, 2.24) is 5.32 Å². The van der Waals surface area contributed by atoms with Crippen molar-refractivity contribution in [3.8, 4) is 0 Å². The molecule has 0 saturated heterocycles. The minimum absolute atomic E-state index is 0.0942. The summed E-state index contributed by atoms with van der Waals surface area (Å²) in [6, 6.07) is 30.3. The molecule has 4 aromatic carbocycles. The first kappa shape index (κ1) is 31.6. The van der Waals surface area contributed by atoms with Crippen molar-refractivity contribution in [1.29, 1.82) is 0 Å². The number of anilines is 4. The average molecular weight is 608 g/mol. The second kappa shape index (κ2) is 15.2. The molecule has 4 N–H and O–H groups in total. The van der Waals surface area contributed by atoms with E-state index in [1.54, 1.807) is 66.7 Å². The maximum absolute atomic E-state index is 13.3. The first-order valence-corrected chi connectivity index (χ1v) is 14.7. The molecule has 0 heterocycles. The van der Waals surface area contributed by atoms with Crippen LogP contribution in [0.2, 0.25) is 0 Å². The van der Waals surface area contributed by atoms with Gasteiger partial charge < -0.3 is 26.2 Å². The third-order valence-electron chi connectivity index (χ3n) is 6.22. The number of carbonyl (C=O) groups is 4. The largest absolute Gasteiger partial charge is 0.378 e. The van der Waals surface area contributed by atoms with E-state index >= 15 is 0 Å². The Morgan fingerprint density at radius 2 is 1.27 bits per heavy atom. The molecule has 4 aromatic rings. The van der Waals surface area contributed by atoms with Crippen molar-refractivity contribution in [3.63, 3.8) is 0 Å². The minimum atomic E-state index is -0.477. The summed E-state index contributed by atoms with van der Waals surface area (Å²) in [7, 11) is 3.89. The SMILES string of the molecule is CC(=O)Nc1ccc(NC(=O)CSc2ccc(NC(=O)/C(=C/c3ccc(N(C)C)cc3)NC(=O)c3ccccc3)cc2)cc1. The number of benzene rings is 4. The van der Waals surface area contributed by atoms with Gasteiger partial charge in [-0.05, 0) is 84.4 Å². The summed E-state index contributed by atoms with van der Waals surface area (Å²) >= 11 is 1.35. The Morgan fingerprint density at radius 3 is 1.86 bits per heavy atom. The lowest BCUT2D eigenvalue weighted by atomic mass is 10.1. The van der Waals surface area contributed by atoms with Gasteiger partial charge in [0.15, 0.2) is 0 Å². The number of amides is 4. The van der Waals surface area contributed by atoms with E-state index in [1.165, 1.54) is 18.7 Å². The lowest BCUT2D eigenvalue weighted by Gasteiger charge is -2.13. The first-order valence-electron chi connectivity index (χ1n) is 13.7.